The van der Waals surface area contributed by atoms with Crippen LogP contribution < -0.4 is 5.32 Å². The molecule has 3 fully saturated rings. The number of allylic oxidation sites excluding steroid dienone is 1. The lowest BCUT2D eigenvalue weighted by molar-refractivity contribution is -0.139. The number of fused-ring (bicyclic) bond motifs is 5. The van der Waals surface area contributed by atoms with Gasteiger partial charge in [0.25, 0.3) is 0 Å². The van der Waals surface area contributed by atoms with Crippen molar-refractivity contribution in [3.63, 3.8) is 0 Å². The molecule has 0 aliphatic heterocycles. The number of aliphatic carboxylic acids is 1. The van der Waals surface area contributed by atoms with Crippen molar-refractivity contribution in [1.29, 1.82) is 0 Å². The maximum atomic E-state index is 11.7. The van der Waals surface area contributed by atoms with Crippen molar-refractivity contribution < 1.29 is 24.5 Å². The van der Waals surface area contributed by atoms with Gasteiger partial charge < -0.3 is 20.3 Å². The van der Waals surface area contributed by atoms with Crippen LogP contribution in [0.3, 0.4) is 0 Å². The molecule has 4 aliphatic rings. The number of carboxylic acids is 1. The number of carboxylic acid groups (broad SMARTS) is 1. The quantitative estimate of drug-likeness (QED) is 0.611. The van der Waals surface area contributed by atoms with Crippen LogP contribution in [0.5, 0.6) is 0 Å². The number of ether oxygens (including phenoxy) is 1. The van der Waals surface area contributed by atoms with Crippen molar-refractivity contribution in [2.24, 2.45) is 28.6 Å². The minimum atomic E-state index is -1.05. The molecule has 4 rings (SSSR count). The molecule has 3 N–H and O–H groups in total. The Morgan fingerprint density at radius 3 is 2.69 bits per heavy atom. The molecule has 0 spiro atoms. The van der Waals surface area contributed by atoms with Gasteiger partial charge in [-0.25, -0.2) is 0 Å². The molecule has 0 bridgehead atoms. The van der Waals surface area contributed by atoms with Crippen LogP contribution in [0.15, 0.2) is 11.6 Å². The number of carbonyl (C=O) groups is 2. The molecule has 0 heterocycles. The molecular formula is C23H35NO5. The molecule has 6 heteroatoms. The first kappa shape index (κ1) is 20.9. The van der Waals surface area contributed by atoms with Crippen LogP contribution in [0.1, 0.15) is 65.2 Å². The third-order valence-electron chi connectivity index (χ3n) is 8.89. The minimum absolute atomic E-state index is 0.0626. The predicted molar refractivity (Wildman–Crippen MR) is 108 cm³/mol. The molecule has 0 radical (unpaired) electrons. The van der Waals surface area contributed by atoms with Crippen molar-refractivity contribution in [3.8, 4) is 0 Å². The van der Waals surface area contributed by atoms with E-state index in [1.54, 1.807) is 0 Å². The van der Waals surface area contributed by atoms with Crippen LogP contribution in [0.2, 0.25) is 0 Å². The molecule has 6 nitrogen and oxygen atoms in total. The second kappa shape index (κ2) is 7.69. The lowest BCUT2D eigenvalue weighted by Gasteiger charge is -2.58. The third kappa shape index (κ3) is 3.63. The Kier molecular flexibility index (Phi) is 5.53. The monoisotopic (exact) mass is 405 g/mol. The molecule has 3 saturated carbocycles. The van der Waals surface area contributed by atoms with Gasteiger partial charge in [0.05, 0.1) is 12.2 Å². The van der Waals surface area contributed by atoms with E-state index in [9.17, 15) is 14.7 Å². The highest BCUT2D eigenvalue weighted by atomic mass is 16.5. The SMILES string of the molecule is CC12CCC(OCC(=O)NCC(=O)O)C=C1CCC1C2CCC2(C)C(O)CCC12. The van der Waals surface area contributed by atoms with Gasteiger partial charge in [-0.2, -0.15) is 0 Å². The standard InChI is InChI=1S/C23H35NO5/c1-22-9-7-15(29-13-20(26)24-12-21(27)28)11-14(22)3-4-16-17-5-6-19(25)23(17,2)10-8-18(16)22/h11,15-19,25H,3-10,12-13H2,1-2H3,(H,24,26)(H,27,28). The summed E-state index contributed by atoms with van der Waals surface area (Å²) in [7, 11) is 0. The summed E-state index contributed by atoms with van der Waals surface area (Å²) < 4.78 is 5.79. The maximum absolute atomic E-state index is 11.7. The third-order valence-corrected chi connectivity index (χ3v) is 8.89. The number of rotatable bonds is 5. The van der Waals surface area contributed by atoms with Gasteiger partial charge in [-0.05, 0) is 80.0 Å². The molecule has 7 unspecified atom stereocenters. The molecule has 29 heavy (non-hydrogen) atoms. The number of nitrogens with one attached hydrogen (secondary N) is 1. The normalized spacial score (nSPS) is 43.6. The Balaban J connectivity index is 1.41. The fourth-order valence-corrected chi connectivity index (χ4v) is 7.21. The summed E-state index contributed by atoms with van der Waals surface area (Å²) in [6.45, 7) is 4.28. The van der Waals surface area contributed by atoms with Crippen LogP contribution in [0, 0.1) is 28.6 Å². The minimum Gasteiger partial charge on any atom is -0.480 e. The maximum Gasteiger partial charge on any atom is 0.322 e. The van der Waals surface area contributed by atoms with E-state index in [1.807, 2.05) is 0 Å². The van der Waals surface area contributed by atoms with E-state index < -0.39 is 5.97 Å². The smallest absolute Gasteiger partial charge is 0.322 e. The topological polar surface area (TPSA) is 95.9 Å². The first-order valence-electron chi connectivity index (χ1n) is 11.2. The number of aliphatic hydroxyl groups is 1. The predicted octanol–water partition coefficient (Wildman–Crippen LogP) is 2.90. The van der Waals surface area contributed by atoms with Crippen LogP contribution in [0.25, 0.3) is 0 Å². The summed E-state index contributed by atoms with van der Waals surface area (Å²) in [6.07, 6.45) is 10.8. The van der Waals surface area contributed by atoms with Gasteiger partial charge in [0, 0.05) is 0 Å². The van der Waals surface area contributed by atoms with Crippen LogP contribution >= 0.6 is 0 Å². The second-order valence-electron chi connectivity index (χ2n) is 10.2. The lowest BCUT2D eigenvalue weighted by atomic mass is 9.47. The molecular weight excluding hydrogens is 370 g/mol. The largest absolute Gasteiger partial charge is 0.480 e. The summed E-state index contributed by atoms with van der Waals surface area (Å²) in [5.74, 6) is 0.623. The Hall–Kier alpha value is -1.40. The van der Waals surface area contributed by atoms with Gasteiger partial charge in [0.2, 0.25) is 5.91 Å². The molecule has 4 aliphatic carbocycles. The highest BCUT2D eigenvalue weighted by molar-refractivity contribution is 5.81. The Labute approximate surface area is 173 Å². The Morgan fingerprint density at radius 2 is 1.93 bits per heavy atom. The first-order chi connectivity index (χ1) is 13.7. The fraction of sp³-hybridized carbons (Fsp3) is 0.826. The Morgan fingerprint density at radius 1 is 1.14 bits per heavy atom. The van der Waals surface area contributed by atoms with Crippen LogP contribution in [-0.4, -0.2) is 47.4 Å². The molecule has 0 aromatic heterocycles. The van der Waals surface area contributed by atoms with Gasteiger partial charge in [0.15, 0.2) is 0 Å². The summed E-state index contributed by atoms with van der Waals surface area (Å²) in [6, 6.07) is 0. The number of hydrogen-bond donors (Lipinski definition) is 3. The van der Waals surface area contributed by atoms with Gasteiger partial charge in [0.1, 0.15) is 13.2 Å². The van der Waals surface area contributed by atoms with Gasteiger partial charge >= 0.3 is 5.97 Å². The zero-order valence-electron chi connectivity index (χ0n) is 17.7. The average molecular weight is 406 g/mol. The second-order valence-corrected chi connectivity index (χ2v) is 10.2. The number of aliphatic hydroxyl groups excluding tert-OH is 1. The van der Waals surface area contributed by atoms with Crippen LogP contribution in [0.4, 0.5) is 0 Å². The van der Waals surface area contributed by atoms with E-state index in [1.165, 1.54) is 24.8 Å². The highest BCUT2D eigenvalue weighted by Crippen LogP contribution is 2.65. The summed E-state index contributed by atoms with van der Waals surface area (Å²) >= 11 is 0. The summed E-state index contributed by atoms with van der Waals surface area (Å²) in [5.41, 5.74) is 1.81. The molecule has 0 saturated heterocycles. The van der Waals surface area contributed by atoms with E-state index in [4.69, 9.17) is 9.84 Å². The van der Waals surface area contributed by atoms with E-state index >= 15 is 0 Å². The number of hydrogen-bond acceptors (Lipinski definition) is 4. The van der Waals surface area contributed by atoms with Crippen molar-refractivity contribution in [3.05, 3.63) is 11.6 Å². The molecule has 7 atom stereocenters. The Bertz CT molecular complexity index is 705. The summed E-state index contributed by atoms with van der Waals surface area (Å²) in [4.78, 5) is 22.3. The van der Waals surface area contributed by atoms with E-state index in [0.717, 1.165) is 32.1 Å². The number of carbonyl (C=O) groups excluding carboxylic acids is 1. The lowest BCUT2D eigenvalue weighted by Crippen LogP contribution is -2.51. The molecule has 0 aromatic rings. The van der Waals surface area contributed by atoms with E-state index in [-0.39, 0.29) is 42.1 Å². The van der Waals surface area contributed by atoms with Gasteiger partial charge in [-0.15, -0.1) is 0 Å². The number of amides is 1. The first-order valence-corrected chi connectivity index (χ1v) is 11.2. The van der Waals surface area contributed by atoms with Crippen molar-refractivity contribution >= 4 is 11.9 Å². The molecule has 162 valence electrons. The average Bonchev–Trinajstić information content (AvgIpc) is 2.99. The molecule has 1 amide bonds. The van der Waals surface area contributed by atoms with Crippen molar-refractivity contribution in [2.45, 2.75) is 77.4 Å². The van der Waals surface area contributed by atoms with Gasteiger partial charge in [-0.1, -0.05) is 25.5 Å². The van der Waals surface area contributed by atoms with E-state index in [0.29, 0.717) is 17.8 Å². The van der Waals surface area contributed by atoms with Crippen molar-refractivity contribution in [1.82, 2.24) is 5.32 Å². The molecule has 0 aromatic carbocycles. The fourth-order valence-electron chi connectivity index (χ4n) is 7.21. The van der Waals surface area contributed by atoms with Crippen molar-refractivity contribution in [2.75, 3.05) is 13.2 Å². The zero-order chi connectivity index (χ0) is 20.8. The highest BCUT2D eigenvalue weighted by Gasteiger charge is 2.58. The van der Waals surface area contributed by atoms with Gasteiger partial charge in [-0.3, -0.25) is 9.59 Å². The zero-order valence-corrected chi connectivity index (χ0v) is 17.7. The van der Waals surface area contributed by atoms with Crippen LogP contribution in [-0.2, 0) is 14.3 Å². The summed E-state index contributed by atoms with van der Waals surface area (Å²) in [5, 5.41) is 21.6. The van der Waals surface area contributed by atoms with E-state index in [2.05, 4.69) is 25.2 Å².